The Morgan fingerprint density at radius 3 is 2.88 bits per heavy atom. The van der Waals surface area contributed by atoms with Crippen molar-refractivity contribution in [1.82, 2.24) is 14.8 Å². The number of anilines is 1. The number of hydrogen-bond donors (Lipinski definition) is 1. The molecule has 3 rings (SSSR count). The van der Waals surface area contributed by atoms with Crippen LogP contribution in [-0.2, 0) is 9.59 Å². The van der Waals surface area contributed by atoms with Crippen LogP contribution in [0.3, 0.4) is 0 Å². The lowest BCUT2D eigenvalue weighted by Crippen LogP contribution is -2.32. The smallest absolute Gasteiger partial charge is 0.326 e. The van der Waals surface area contributed by atoms with Gasteiger partial charge in [-0.15, -0.1) is 0 Å². The second-order valence-electron chi connectivity index (χ2n) is 5.92. The van der Waals surface area contributed by atoms with Crippen LogP contribution >= 0.6 is 11.3 Å². The van der Waals surface area contributed by atoms with Crippen molar-refractivity contribution < 1.29 is 19.1 Å². The van der Waals surface area contributed by atoms with Crippen molar-refractivity contribution in [2.75, 3.05) is 32.1 Å². The molecule has 1 N–H and O–H groups in total. The van der Waals surface area contributed by atoms with Crippen LogP contribution in [0.2, 0.25) is 0 Å². The van der Waals surface area contributed by atoms with Crippen molar-refractivity contribution in [1.29, 1.82) is 0 Å². The number of hydrogen-bond acceptors (Lipinski definition) is 6. The van der Waals surface area contributed by atoms with Crippen molar-refractivity contribution in [2.45, 2.75) is 19.8 Å². The van der Waals surface area contributed by atoms with Crippen molar-refractivity contribution in [2.24, 2.45) is 0 Å². The van der Waals surface area contributed by atoms with Gasteiger partial charge in [-0.05, 0) is 31.5 Å². The van der Waals surface area contributed by atoms with Crippen LogP contribution in [0.4, 0.5) is 9.93 Å². The molecule has 0 bridgehead atoms. The summed E-state index contributed by atoms with van der Waals surface area (Å²) in [5.41, 5.74) is 0.796. The first kappa shape index (κ1) is 18.1. The highest BCUT2D eigenvalue weighted by atomic mass is 32.1. The fraction of sp³-hybridized carbons (Fsp3) is 0.412. The number of ether oxygens (including phenoxy) is 1. The largest absolute Gasteiger partial charge is 0.494 e. The van der Waals surface area contributed by atoms with E-state index in [0.717, 1.165) is 16.0 Å². The maximum Gasteiger partial charge on any atom is 0.326 e. The molecule has 4 amide bonds. The van der Waals surface area contributed by atoms with Gasteiger partial charge in [0.05, 0.1) is 16.8 Å². The lowest BCUT2D eigenvalue weighted by atomic mass is 10.3. The first-order valence-electron chi connectivity index (χ1n) is 8.36. The quantitative estimate of drug-likeness (QED) is 0.749. The van der Waals surface area contributed by atoms with E-state index < -0.39 is 0 Å². The minimum absolute atomic E-state index is 0.0977. The Hall–Kier alpha value is -2.68. The zero-order valence-electron chi connectivity index (χ0n) is 14.7. The molecule has 1 fully saturated rings. The van der Waals surface area contributed by atoms with Crippen LogP contribution in [0.15, 0.2) is 18.2 Å². The summed E-state index contributed by atoms with van der Waals surface area (Å²) in [7, 11) is 1.58. The predicted molar refractivity (Wildman–Crippen MR) is 98.4 cm³/mol. The summed E-state index contributed by atoms with van der Waals surface area (Å²) in [5.74, 6) is 0.349. The molecule has 0 atom stereocenters. The molecule has 0 unspecified atom stereocenters. The summed E-state index contributed by atoms with van der Waals surface area (Å²) in [4.78, 5) is 42.5. The molecule has 1 aliphatic rings. The van der Waals surface area contributed by atoms with Gasteiger partial charge in [0, 0.05) is 20.0 Å². The highest BCUT2D eigenvalue weighted by molar-refractivity contribution is 7.22. The second kappa shape index (κ2) is 7.69. The van der Waals surface area contributed by atoms with E-state index in [1.807, 2.05) is 25.1 Å². The number of nitrogens with zero attached hydrogens (tertiary/aromatic N) is 3. The minimum atomic E-state index is -0.313. The van der Waals surface area contributed by atoms with Crippen LogP contribution in [0.25, 0.3) is 10.2 Å². The van der Waals surface area contributed by atoms with Gasteiger partial charge in [0.2, 0.25) is 11.8 Å². The number of imide groups is 1. The fourth-order valence-corrected chi connectivity index (χ4v) is 3.59. The molecule has 1 aromatic carbocycles. The first-order valence-corrected chi connectivity index (χ1v) is 9.18. The molecular weight excluding hydrogens is 356 g/mol. The molecule has 9 heteroatoms. The molecule has 2 heterocycles. The zero-order valence-corrected chi connectivity index (χ0v) is 15.5. The average Bonchev–Trinajstić information content (AvgIpc) is 3.09. The number of carbonyl (C=O) groups excluding carboxylic acids is 3. The number of urea groups is 1. The van der Waals surface area contributed by atoms with E-state index in [1.165, 1.54) is 21.1 Å². The Bertz CT molecular complexity index is 850. The number of aromatic nitrogens is 1. The Balaban J connectivity index is 1.52. The van der Waals surface area contributed by atoms with Gasteiger partial charge in [-0.1, -0.05) is 11.3 Å². The Labute approximate surface area is 154 Å². The summed E-state index contributed by atoms with van der Waals surface area (Å²) >= 11 is 1.38. The van der Waals surface area contributed by atoms with E-state index in [-0.39, 0.29) is 37.4 Å². The van der Waals surface area contributed by atoms with Crippen LogP contribution in [0.1, 0.15) is 19.8 Å². The van der Waals surface area contributed by atoms with Crippen molar-refractivity contribution in [3.8, 4) is 5.75 Å². The SMILES string of the molecule is CCOc1ccc2nc(NC(=O)CCCN3C(=O)CN(C)C3=O)sc2c1. The van der Waals surface area contributed by atoms with Gasteiger partial charge in [0.15, 0.2) is 5.13 Å². The van der Waals surface area contributed by atoms with Crippen LogP contribution < -0.4 is 10.1 Å². The fourth-order valence-electron chi connectivity index (χ4n) is 2.68. The monoisotopic (exact) mass is 376 g/mol. The number of thiazole rings is 1. The summed E-state index contributed by atoms with van der Waals surface area (Å²) in [6.45, 7) is 2.85. The number of fused-ring (bicyclic) bond motifs is 1. The highest BCUT2D eigenvalue weighted by Crippen LogP contribution is 2.29. The molecule has 8 nitrogen and oxygen atoms in total. The number of benzene rings is 1. The normalized spacial score (nSPS) is 14.4. The summed E-state index contributed by atoms with van der Waals surface area (Å²) in [6, 6.07) is 5.28. The minimum Gasteiger partial charge on any atom is -0.494 e. The van der Waals surface area contributed by atoms with Crippen LogP contribution in [-0.4, -0.2) is 59.4 Å². The van der Waals surface area contributed by atoms with Gasteiger partial charge < -0.3 is 15.0 Å². The van der Waals surface area contributed by atoms with Gasteiger partial charge in [-0.2, -0.15) is 0 Å². The summed E-state index contributed by atoms with van der Waals surface area (Å²) in [6.07, 6.45) is 0.622. The number of likely N-dealkylation sites (N-methyl/N-ethyl adjacent to an activating group) is 1. The van der Waals surface area contributed by atoms with Crippen molar-refractivity contribution in [3.05, 3.63) is 18.2 Å². The second-order valence-corrected chi connectivity index (χ2v) is 6.95. The standard InChI is InChI=1S/C17H20N4O4S/c1-3-25-11-6-7-12-13(9-11)26-16(18-12)19-14(22)5-4-8-21-15(23)10-20(2)17(21)24/h6-7,9H,3-5,8,10H2,1-2H3,(H,18,19,22). The summed E-state index contributed by atoms with van der Waals surface area (Å²) in [5, 5.41) is 3.29. The third-order valence-electron chi connectivity index (χ3n) is 3.93. The molecule has 138 valence electrons. The number of nitrogens with one attached hydrogen (secondary N) is 1. The molecule has 0 radical (unpaired) electrons. The zero-order chi connectivity index (χ0) is 18.7. The lowest BCUT2D eigenvalue weighted by Gasteiger charge is -2.13. The van der Waals surface area contributed by atoms with Gasteiger partial charge in [0.1, 0.15) is 12.3 Å². The number of rotatable bonds is 7. The molecule has 26 heavy (non-hydrogen) atoms. The number of amides is 4. The molecular formula is C17H20N4O4S. The molecule has 1 aliphatic heterocycles. The molecule has 2 aromatic rings. The molecule has 1 saturated heterocycles. The van der Waals surface area contributed by atoms with E-state index in [4.69, 9.17) is 4.74 Å². The average molecular weight is 376 g/mol. The van der Waals surface area contributed by atoms with Crippen molar-refractivity contribution in [3.63, 3.8) is 0 Å². The Kier molecular flexibility index (Phi) is 5.36. The van der Waals surface area contributed by atoms with E-state index >= 15 is 0 Å². The maximum absolute atomic E-state index is 12.1. The van der Waals surface area contributed by atoms with E-state index in [2.05, 4.69) is 10.3 Å². The summed E-state index contributed by atoms with van der Waals surface area (Å²) < 4.78 is 6.39. The van der Waals surface area contributed by atoms with Gasteiger partial charge >= 0.3 is 6.03 Å². The van der Waals surface area contributed by atoms with Crippen LogP contribution in [0.5, 0.6) is 5.75 Å². The Morgan fingerprint density at radius 2 is 2.19 bits per heavy atom. The topological polar surface area (TPSA) is 91.8 Å². The number of carbonyl (C=O) groups is 3. The van der Waals surface area contributed by atoms with Crippen LogP contribution in [0, 0.1) is 0 Å². The lowest BCUT2D eigenvalue weighted by molar-refractivity contribution is -0.125. The molecule has 0 spiro atoms. The Morgan fingerprint density at radius 1 is 1.38 bits per heavy atom. The highest BCUT2D eigenvalue weighted by Gasteiger charge is 2.32. The van der Waals surface area contributed by atoms with E-state index in [1.54, 1.807) is 7.05 Å². The first-order chi connectivity index (χ1) is 12.5. The van der Waals surface area contributed by atoms with Gasteiger partial charge in [-0.25, -0.2) is 9.78 Å². The third-order valence-corrected chi connectivity index (χ3v) is 4.87. The third kappa shape index (κ3) is 3.93. The van der Waals surface area contributed by atoms with E-state index in [0.29, 0.717) is 18.2 Å². The maximum atomic E-state index is 12.1. The molecule has 0 aliphatic carbocycles. The van der Waals surface area contributed by atoms with Gasteiger partial charge in [-0.3, -0.25) is 14.5 Å². The molecule has 0 saturated carbocycles. The van der Waals surface area contributed by atoms with E-state index in [9.17, 15) is 14.4 Å². The van der Waals surface area contributed by atoms with Gasteiger partial charge in [0.25, 0.3) is 0 Å². The predicted octanol–water partition coefficient (Wildman–Crippen LogP) is 2.31. The molecule has 1 aromatic heterocycles. The van der Waals surface area contributed by atoms with Crippen molar-refractivity contribution >= 4 is 44.5 Å².